The maximum absolute atomic E-state index is 13.4. The molecule has 0 unspecified atom stereocenters. The predicted octanol–water partition coefficient (Wildman–Crippen LogP) is 2.56. The van der Waals surface area contributed by atoms with E-state index in [1.165, 1.54) is 32.1 Å². The van der Waals surface area contributed by atoms with E-state index in [1.54, 1.807) is 0 Å². The molecular weight excluding hydrogens is 462 g/mol. The van der Waals surface area contributed by atoms with Gasteiger partial charge in [0.15, 0.2) is 11.5 Å². The van der Waals surface area contributed by atoms with E-state index >= 15 is 0 Å². The number of nitrogens with one attached hydrogen (secondary N) is 2. The number of para-hydroxylation sites is 1. The predicted molar refractivity (Wildman–Crippen MR) is 132 cm³/mol. The molecule has 0 saturated heterocycles. The van der Waals surface area contributed by atoms with Crippen molar-refractivity contribution in [2.24, 2.45) is 17.1 Å². The maximum atomic E-state index is 13.4. The fraction of sp³-hybridized carbons (Fsp3) is 0.520. The number of rotatable bonds is 8. The molecule has 0 spiro atoms. The van der Waals surface area contributed by atoms with Crippen molar-refractivity contribution in [1.82, 2.24) is 30.6 Å². The minimum atomic E-state index is -0.866. The Morgan fingerprint density at radius 1 is 1.17 bits per heavy atom. The van der Waals surface area contributed by atoms with E-state index in [9.17, 15) is 14.4 Å². The molecule has 11 nitrogen and oxygen atoms in total. The highest BCUT2D eigenvalue weighted by Gasteiger charge is 2.34. The number of primary amides is 1. The van der Waals surface area contributed by atoms with Crippen molar-refractivity contribution in [3.8, 4) is 0 Å². The van der Waals surface area contributed by atoms with Gasteiger partial charge in [-0.25, -0.2) is 0 Å². The fourth-order valence-electron chi connectivity index (χ4n) is 4.62. The molecule has 1 aliphatic rings. The molecule has 2 heterocycles. The molecule has 3 aromatic rings. The number of amides is 3. The number of nitrogens with zero attached hydrogens (tertiary/aromatic N) is 4. The van der Waals surface area contributed by atoms with Crippen molar-refractivity contribution in [3.05, 3.63) is 41.7 Å². The van der Waals surface area contributed by atoms with E-state index in [2.05, 4.69) is 25.9 Å². The highest BCUT2D eigenvalue weighted by atomic mass is 16.5. The Morgan fingerprint density at radius 3 is 2.56 bits per heavy atom. The number of carbonyl (C=O) groups excluding carboxylic acids is 3. The van der Waals surface area contributed by atoms with E-state index in [0.29, 0.717) is 11.6 Å². The molecule has 1 aliphatic carbocycles. The van der Waals surface area contributed by atoms with Crippen LogP contribution in [0.4, 0.5) is 0 Å². The molecule has 11 heteroatoms. The molecule has 0 aliphatic heterocycles. The number of aromatic nitrogens is 4. The summed E-state index contributed by atoms with van der Waals surface area (Å²) in [6.07, 6.45) is 6.08. The van der Waals surface area contributed by atoms with E-state index < -0.39 is 29.2 Å². The summed E-state index contributed by atoms with van der Waals surface area (Å²) >= 11 is 0. The van der Waals surface area contributed by atoms with Crippen molar-refractivity contribution < 1.29 is 18.9 Å². The first kappa shape index (κ1) is 25.3. The summed E-state index contributed by atoms with van der Waals surface area (Å²) in [5, 5.41) is 14.6. The monoisotopic (exact) mass is 495 g/mol. The zero-order valence-electron chi connectivity index (χ0n) is 20.9. The molecule has 1 saturated carbocycles. The molecule has 0 radical (unpaired) electrons. The second-order valence-electron chi connectivity index (χ2n) is 10.4. The van der Waals surface area contributed by atoms with Gasteiger partial charge in [-0.3, -0.25) is 19.1 Å². The molecule has 4 rings (SSSR count). The summed E-state index contributed by atoms with van der Waals surface area (Å²) in [5.41, 5.74) is 5.72. The molecular formula is C25H33N7O4. The number of fused-ring (bicyclic) bond motifs is 1. The Kier molecular flexibility index (Phi) is 7.37. The third-order valence-corrected chi connectivity index (χ3v) is 6.53. The zero-order valence-corrected chi connectivity index (χ0v) is 20.9. The smallest absolute Gasteiger partial charge is 0.315 e. The Morgan fingerprint density at radius 2 is 1.89 bits per heavy atom. The van der Waals surface area contributed by atoms with Crippen LogP contribution in [0.15, 0.2) is 28.8 Å². The SMILES string of the molecule is CC(C)(C)[C@H](NC(=O)c1nn(CC2CCCCC2)c2ccccc12)C(=O)NCc1noc(C(N)=O)n1. The van der Waals surface area contributed by atoms with Crippen molar-refractivity contribution in [3.63, 3.8) is 0 Å². The van der Waals surface area contributed by atoms with Crippen molar-refractivity contribution in [2.45, 2.75) is 72.0 Å². The lowest BCUT2D eigenvalue weighted by molar-refractivity contribution is -0.125. The van der Waals surface area contributed by atoms with Crippen molar-refractivity contribution in [1.29, 1.82) is 0 Å². The Labute approximate surface area is 209 Å². The molecule has 0 bridgehead atoms. The van der Waals surface area contributed by atoms with E-state index in [1.807, 2.05) is 49.7 Å². The van der Waals surface area contributed by atoms with Crippen LogP contribution in [0.3, 0.4) is 0 Å². The van der Waals surface area contributed by atoms with Crippen LogP contribution in [0.5, 0.6) is 0 Å². The summed E-state index contributed by atoms with van der Waals surface area (Å²) in [4.78, 5) is 41.5. The zero-order chi connectivity index (χ0) is 25.9. The van der Waals surface area contributed by atoms with E-state index in [4.69, 9.17) is 10.3 Å². The molecule has 1 fully saturated rings. The first-order chi connectivity index (χ1) is 17.1. The number of hydrogen-bond donors (Lipinski definition) is 3. The van der Waals surface area contributed by atoms with Crippen LogP contribution in [-0.4, -0.2) is 43.7 Å². The van der Waals surface area contributed by atoms with Gasteiger partial charge in [-0.05, 0) is 30.2 Å². The van der Waals surface area contributed by atoms with Gasteiger partial charge in [-0.2, -0.15) is 10.1 Å². The standard InChI is InChI=1S/C25H33N7O4/c1-25(2,3)20(23(35)27-13-18-28-24(21(26)33)36-31-18)29-22(34)19-16-11-7-8-12-17(16)32(30-19)14-15-9-5-4-6-10-15/h7-8,11-12,15,20H,4-6,9-10,13-14H2,1-3H3,(H2,26,33)(H,27,35)(H,29,34)/t20-/m1/s1. The molecule has 192 valence electrons. The third kappa shape index (κ3) is 5.72. The molecule has 4 N–H and O–H groups in total. The fourth-order valence-corrected chi connectivity index (χ4v) is 4.62. The summed E-state index contributed by atoms with van der Waals surface area (Å²) in [6.45, 7) is 6.26. The third-order valence-electron chi connectivity index (χ3n) is 6.53. The van der Waals surface area contributed by atoms with Crippen LogP contribution in [-0.2, 0) is 17.9 Å². The summed E-state index contributed by atoms with van der Waals surface area (Å²) in [7, 11) is 0. The van der Waals surface area contributed by atoms with Crippen molar-refractivity contribution >= 4 is 28.6 Å². The minimum Gasteiger partial charge on any atom is -0.361 e. The van der Waals surface area contributed by atoms with Gasteiger partial charge in [0, 0.05) is 11.9 Å². The molecule has 1 aromatic carbocycles. The Hall–Kier alpha value is -3.76. The number of hydrogen-bond acceptors (Lipinski definition) is 7. The van der Waals surface area contributed by atoms with Gasteiger partial charge >= 0.3 is 11.8 Å². The van der Waals surface area contributed by atoms with E-state index in [0.717, 1.165) is 17.4 Å². The largest absolute Gasteiger partial charge is 0.361 e. The van der Waals surface area contributed by atoms with Gasteiger partial charge in [0.25, 0.3) is 5.91 Å². The van der Waals surface area contributed by atoms with Crippen LogP contribution >= 0.6 is 0 Å². The highest BCUT2D eigenvalue weighted by molar-refractivity contribution is 6.06. The Bertz CT molecular complexity index is 1250. The van der Waals surface area contributed by atoms with Crippen LogP contribution in [0.2, 0.25) is 0 Å². The summed E-state index contributed by atoms with van der Waals surface area (Å²) in [5.74, 6) is -1.38. The first-order valence-corrected chi connectivity index (χ1v) is 12.3. The van der Waals surface area contributed by atoms with Gasteiger partial charge in [-0.1, -0.05) is 63.4 Å². The quantitative estimate of drug-likeness (QED) is 0.433. The van der Waals surface area contributed by atoms with Crippen LogP contribution in [0.1, 0.15) is 79.9 Å². The van der Waals surface area contributed by atoms with Crippen LogP contribution < -0.4 is 16.4 Å². The van der Waals surface area contributed by atoms with Crippen LogP contribution in [0, 0.1) is 11.3 Å². The molecule has 2 aromatic heterocycles. The lowest BCUT2D eigenvalue weighted by Gasteiger charge is -2.30. The number of carbonyl (C=O) groups is 3. The van der Waals surface area contributed by atoms with Gasteiger partial charge in [0.2, 0.25) is 5.91 Å². The molecule has 3 amide bonds. The maximum Gasteiger partial charge on any atom is 0.315 e. The lowest BCUT2D eigenvalue weighted by Crippen LogP contribution is -2.53. The molecule has 36 heavy (non-hydrogen) atoms. The van der Waals surface area contributed by atoms with Gasteiger partial charge in [0.05, 0.1) is 12.1 Å². The molecule has 1 atom stereocenters. The Balaban J connectivity index is 1.51. The van der Waals surface area contributed by atoms with Crippen molar-refractivity contribution in [2.75, 3.05) is 0 Å². The highest BCUT2D eigenvalue weighted by Crippen LogP contribution is 2.28. The van der Waals surface area contributed by atoms with Gasteiger partial charge in [0.1, 0.15) is 6.04 Å². The minimum absolute atomic E-state index is 0.0863. The topological polar surface area (TPSA) is 158 Å². The number of nitrogens with two attached hydrogens (primary N) is 1. The first-order valence-electron chi connectivity index (χ1n) is 12.3. The van der Waals surface area contributed by atoms with Gasteiger partial charge < -0.3 is 20.9 Å². The summed E-state index contributed by atoms with van der Waals surface area (Å²) < 4.78 is 6.67. The summed E-state index contributed by atoms with van der Waals surface area (Å²) in [6, 6.07) is 6.81. The second-order valence-corrected chi connectivity index (χ2v) is 10.4. The second kappa shape index (κ2) is 10.5. The lowest BCUT2D eigenvalue weighted by atomic mass is 9.86. The van der Waals surface area contributed by atoms with Crippen LogP contribution in [0.25, 0.3) is 10.9 Å². The number of benzene rings is 1. The average molecular weight is 496 g/mol. The van der Waals surface area contributed by atoms with Gasteiger partial charge in [-0.15, -0.1) is 0 Å². The normalized spacial score (nSPS) is 15.5. The van der Waals surface area contributed by atoms with E-state index in [-0.39, 0.29) is 18.3 Å². The average Bonchev–Trinajstić information content (AvgIpc) is 3.46.